The molecule has 3 aromatic rings. The Morgan fingerprint density at radius 2 is 1.96 bits per heavy atom. The second-order valence-electron chi connectivity index (χ2n) is 6.69. The van der Waals surface area contributed by atoms with Gasteiger partial charge in [-0.2, -0.15) is 5.10 Å². The van der Waals surface area contributed by atoms with Gasteiger partial charge in [0.15, 0.2) is 5.82 Å². The molecule has 1 fully saturated rings. The third-order valence-electron chi connectivity index (χ3n) is 4.90. The minimum Gasteiger partial charge on any atom is -0.353 e. The zero-order valence-electron chi connectivity index (χ0n) is 15.0. The SMILES string of the molecule is O=C(Cc1cc2ccccc2[nH]c1=O)N1CCCN(c2cccnn2)CC1. The van der Waals surface area contributed by atoms with Gasteiger partial charge in [0.05, 0.1) is 6.42 Å². The summed E-state index contributed by atoms with van der Waals surface area (Å²) in [5, 5.41) is 9.01. The molecule has 1 saturated heterocycles. The number of hydrogen-bond donors (Lipinski definition) is 1. The molecule has 0 atom stereocenters. The van der Waals surface area contributed by atoms with Gasteiger partial charge in [0, 0.05) is 43.5 Å². The number of para-hydroxylation sites is 1. The number of carbonyl (C=O) groups excluding carboxylic acids is 1. The molecule has 0 bridgehead atoms. The van der Waals surface area contributed by atoms with Crippen LogP contribution in [0.1, 0.15) is 12.0 Å². The largest absolute Gasteiger partial charge is 0.353 e. The van der Waals surface area contributed by atoms with Gasteiger partial charge in [-0.15, -0.1) is 5.10 Å². The molecule has 0 radical (unpaired) electrons. The highest BCUT2D eigenvalue weighted by Gasteiger charge is 2.21. The van der Waals surface area contributed by atoms with Gasteiger partial charge >= 0.3 is 0 Å². The van der Waals surface area contributed by atoms with Crippen LogP contribution in [-0.2, 0) is 11.2 Å². The topological polar surface area (TPSA) is 82.2 Å². The third-order valence-corrected chi connectivity index (χ3v) is 4.90. The van der Waals surface area contributed by atoms with E-state index in [-0.39, 0.29) is 17.9 Å². The molecular formula is C20H21N5O2. The summed E-state index contributed by atoms with van der Waals surface area (Å²) in [4.78, 5) is 31.9. The monoisotopic (exact) mass is 363 g/mol. The Kier molecular flexibility index (Phi) is 4.82. The molecule has 4 rings (SSSR count). The molecule has 138 valence electrons. The van der Waals surface area contributed by atoms with Crippen molar-refractivity contribution in [3.63, 3.8) is 0 Å². The lowest BCUT2D eigenvalue weighted by molar-refractivity contribution is -0.130. The number of anilines is 1. The first-order valence-corrected chi connectivity index (χ1v) is 9.12. The van der Waals surface area contributed by atoms with Gasteiger partial charge in [-0.3, -0.25) is 9.59 Å². The zero-order chi connectivity index (χ0) is 18.6. The lowest BCUT2D eigenvalue weighted by atomic mass is 10.1. The molecular weight excluding hydrogens is 342 g/mol. The second kappa shape index (κ2) is 7.57. The quantitative estimate of drug-likeness (QED) is 0.764. The smallest absolute Gasteiger partial charge is 0.252 e. The van der Waals surface area contributed by atoms with E-state index in [1.807, 2.05) is 47.4 Å². The van der Waals surface area contributed by atoms with E-state index < -0.39 is 0 Å². The summed E-state index contributed by atoms with van der Waals surface area (Å²) < 4.78 is 0. The van der Waals surface area contributed by atoms with E-state index in [0.29, 0.717) is 25.2 Å². The predicted molar refractivity (Wildman–Crippen MR) is 104 cm³/mol. The molecule has 7 nitrogen and oxygen atoms in total. The second-order valence-corrected chi connectivity index (χ2v) is 6.69. The van der Waals surface area contributed by atoms with Crippen LogP contribution in [0.25, 0.3) is 10.9 Å². The highest BCUT2D eigenvalue weighted by molar-refractivity contribution is 5.82. The Hall–Kier alpha value is -3.22. The number of hydrogen-bond acceptors (Lipinski definition) is 5. The molecule has 0 aliphatic carbocycles. The molecule has 7 heteroatoms. The number of benzene rings is 1. The van der Waals surface area contributed by atoms with Crippen LogP contribution in [0.15, 0.2) is 53.5 Å². The van der Waals surface area contributed by atoms with E-state index >= 15 is 0 Å². The fourth-order valence-electron chi connectivity index (χ4n) is 3.46. The van der Waals surface area contributed by atoms with Crippen LogP contribution in [-0.4, -0.2) is 52.2 Å². The number of aromatic amines is 1. The molecule has 1 aliphatic heterocycles. The first-order valence-electron chi connectivity index (χ1n) is 9.12. The van der Waals surface area contributed by atoms with Gasteiger partial charge < -0.3 is 14.8 Å². The van der Waals surface area contributed by atoms with Crippen molar-refractivity contribution < 1.29 is 4.79 Å². The fourth-order valence-corrected chi connectivity index (χ4v) is 3.46. The van der Waals surface area contributed by atoms with E-state index in [4.69, 9.17) is 0 Å². The van der Waals surface area contributed by atoms with Crippen molar-refractivity contribution in [2.75, 3.05) is 31.1 Å². The summed E-state index contributed by atoms with van der Waals surface area (Å²) >= 11 is 0. The van der Waals surface area contributed by atoms with E-state index in [2.05, 4.69) is 20.1 Å². The Labute approximate surface area is 156 Å². The van der Waals surface area contributed by atoms with Crippen LogP contribution in [0.5, 0.6) is 0 Å². The number of nitrogens with one attached hydrogen (secondary N) is 1. The first kappa shape index (κ1) is 17.2. The molecule has 1 amide bonds. The van der Waals surface area contributed by atoms with Gasteiger partial charge in [0.1, 0.15) is 0 Å². The molecule has 3 heterocycles. The van der Waals surface area contributed by atoms with Crippen molar-refractivity contribution in [3.8, 4) is 0 Å². The van der Waals surface area contributed by atoms with Crippen LogP contribution >= 0.6 is 0 Å². The highest BCUT2D eigenvalue weighted by atomic mass is 16.2. The predicted octanol–water partition coefficient (Wildman–Crippen LogP) is 1.60. The van der Waals surface area contributed by atoms with Gasteiger partial charge in [0.2, 0.25) is 5.91 Å². The molecule has 2 aromatic heterocycles. The number of aromatic nitrogens is 3. The van der Waals surface area contributed by atoms with Crippen molar-refractivity contribution >= 4 is 22.6 Å². The van der Waals surface area contributed by atoms with E-state index in [0.717, 1.165) is 29.7 Å². The number of pyridine rings is 1. The summed E-state index contributed by atoms with van der Waals surface area (Å²) in [5.41, 5.74) is 1.10. The highest BCUT2D eigenvalue weighted by Crippen LogP contribution is 2.14. The van der Waals surface area contributed by atoms with Gasteiger partial charge in [-0.05, 0) is 36.1 Å². The standard InChI is InChI=1S/C20H21N5O2/c26-19(14-16-13-15-5-1-2-6-17(15)22-20(16)27)25-10-4-9-24(11-12-25)18-7-3-8-21-23-18/h1-3,5-8,13H,4,9-12,14H2,(H,22,27). The van der Waals surface area contributed by atoms with Crippen LogP contribution < -0.4 is 10.5 Å². The summed E-state index contributed by atoms with van der Waals surface area (Å²) in [6.45, 7) is 2.83. The van der Waals surface area contributed by atoms with E-state index in [1.165, 1.54) is 0 Å². The van der Waals surface area contributed by atoms with E-state index in [1.54, 1.807) is 6.20 Å². The minimum atomic E-state index is -0.196. The van der Waals surface area contributed by atoms with Gasteiger partial charge in [0.25, 0.3) is 5.56 Å². The van der Waals surface area contributed by atoms with Crippen molar-refractivity contribution in [2.24, 2.45) is 0 Å². The molecule has 0 unspecified atom stereocenters. The van der Waals surface area contributed by atoms with Gasteiger partial charge in [-0.1, -0.05) is 18.2 Å². The molecule has 0 saturated carbocycles. The number of H-pyrrole nitrogens is 1. The molecule has 1 N–H and O–H groups in total. The Morgan fingerprint density at radius 1 is 1.07 bits per heavy atom. The fraction of sp³-hybridized carbons (Fsp3) is 0.300. The molecule has 0 spiro atoms. The van der Waals surface area contributed by atoms with Crippen molar-refractivity contribution in [3.05, 3.63) is 64.6 Å². The summed E-state index contributed by atoms with van der Waals surface area (Å²) in [5.74, 6) is 0.814. The number of amides is 1. The first-order chi connectivity index (χ1) is 13.2. The minimum absolute atomic E-state index is 0.0169. The number of nitrogens with zero attached hydrogens (tertiary/aromatic N) is 4. The number of rotatable bonds is 3. The molecule has 27 heavy (non-hydrogen) atoms. The number of carbonyl (C=O) groups is 1. The maximum atomic E-state index is 12.8. The lowest BCUT2D eigenvalue weighted by Gasteiger charge is -2.22. The lowest BCUT2D eigenvalue weighted by Crippen LogP contribution is -2.37. The van der Waals surface area contributed by atoms with Gasteiger partial charge in [-0.25, -0.2) is 0 Å². The zero-order valence-corrected chi connectivity index (χ0v) is 15.0. The van der Waals surface area contributed by atoms with Crippen LogP contribution in [0.3, 0.4) is 0 Å². The van der Waals surface area contributed by atoms with Crippen LogP contribution in [0.4, 0.5) is 5.82 Å². The van der Waals surface area contributed by atoms with Crippen molar-refractivity contribution in [1.82, 2.24) is 20.1 Å². The summed E-state index contributed by atoms with van der Waals surface area (Å²) in [6, 6.07) is 13.2. The Balaban J connectivity index is 1.46. The van der Waals surface area contributed by atoms with Crippen molar-refractivity contribution in [1.29, 1.82) is 0 Å². The Bertz CT molecular complexity index is 1000. The van der Waals surface area contributed by atoms with Crippen LogP contribution in [0, 0.1) is 0 Å². The average Bonchev–Trinajstić information content (AvgIpc) is 2.95. The normalized spacial score (nSPS) is 15.0. The third kappa shape index (κ3) is 3.81. The van der Waals surface area contributed by atoms with E-state index in [9.17, 15) is 9.59 Å². The van der Waals surface area contributed by atoms with Crippen LogP contribution in [0.2, 0.25) is 0 Å². The maximum Gasteiger partial charge on any atom is 0.252 e. The Morgan fingerprint density at radius 3 is 2.81 bits per heavy atom. The van der Waals surface area contributed by atoms with Crippen molar-refractivity contribution in [2.45, 2.75) is 12.8 Å². The maximum absolute atomic E-state index is 12.8. The average molecular weight is 363 g/mol. The summed E-state index contributed by atoms with van der Waals surface area (Å²) in [7, 11) is 0. The summed E-state index contributed by atoms with van der Waals surface area (Å²) in [6.07, 6.45) is 2.62. The molecule has 1 aromatic carbocycles. The number of fused-ring (bicyclic) bond motifs is 1. The molecule has 1 aliphatic rings.